The Balaban J connectivity index is 2.72. The maximum Gasteiger partial charge on any atom is 0.238 e. The van der Waals surface area contributed by atoms with Crippen LogP contribution in [0.2, 0.25) is 0 Å². The van der Waals surface area contributed by atoms with E-state index in [0.29, 0.717) is 25.9 Å². The molecule has 0 spiro atoms. The molecule has 0 radical (unpaired) electrons. The average Bonchev–Trinajstić information content (AvgIpc) is 2.75. The molecule has 1 aliphatic heterocycles. The molecule has 1 N–H and O–H groups in total. The summed E-state index contributed by atoms with van der Waals surface area (Å²) < 4.78 is 25.2. The second-order valence-corrected chi connectivity index (χ2v) is 6.16. The molecule has 5 nitrogen and oxygen atoms in total. The molecular weight excluding hydrogens is 240 g/mol. The first kappa shape index (κ1) is 14.2. The van der Waals surface area contributed by atoms with E-state index < -0.39 is 16.1 Å². The van der Waals surface area contributed by atoms with Crippen LogP contribution in [-0.2, 0) is 14.8 Å². The number of carbonyl (C=O) groups excluding carboxylic acids is 1. The van der Waals surface area contributed by atoms with Gasteiger partial charge >= 0.3 is 0 Å². The van der Waals surface area contributed by atoms with Crippen LogP contribution in [0.1, 0.15) is 26.2 Å². The summed E-state index contributed by atoms with van der Waals surface area (Å²) in [5.41, 5.74) is 0. The molecular formula is C11H20N2O3S. The van der Waals surface area contributed by atoms with E-state index in [1.807, 2.05) is 6.92 Å². The van der Waals surface area contributed by atoms with Gasteiger partial charge in [-0.1, -0.05) is 13.0 Å². The highest BCUT2D eigenvalue weighted by molar-refractivity contribution is 7.89. The van der Waals surface area contributed by atoms with Crippen molar-refractivity contribution in [1.82, 2.24) is 9.62 Å². The molecule has 17 heavy (non-hydrogen) atoms. The Bertz CT molecular complexity index is 378. The molecule has 1 atom stereocenters. The van der Waals surface area contributed by atoms with E-state index in [4.69, 9.17) is 0 Å². The summed E-state index contributed by atoms with van der Waals surface area (Å²) in [6.07, 6.45) is 3.50. The fourth-order valence-corrected chi connectivity index (χ4v) is 3.75. The highest BCUT2D eigenvalue weighted by Gasteiger charge is 2.37. The van der Waals surface area contributed by atoms with Crippen molar-refractivity contribution in [3.05, 3.63) is 12.7 Å². The van der Waals surface area contributed by atoms with Crippen molar-refractivity contribution in [2.45, 2.75) is 32.2 Å². The lowest BCUT2D eigenvalue weighted by Crippen LogP contribution is -2.46. The predicted molar refractivity (Wildman–Crippen MR) is 67.0 cm³/mol. The second kappa shape index (κ2) is 6.16. The molecule has 1 fully saturated rings. The number of sulfonamides is 1. The summed E-state index contributed by atoms with van der Waals surface area (Å²) in [4.78, 5) is 11.8. The van der Waals surface area contributed by atoms with Crippen LogP contribution in [0.5, 0.6) is 0 Å². The molecule has 98 valence electrons. The van der Waals surface area contributed by atoms with Crippen LogP contribution in [0, 0.1) is 0 Å². The number of nitrogens with one attached hydrogen (secondary N) is 1. The van der Waals surface area contributed by atoms with Gasteiger partial charge in [0.2, 0.25) is 15.9 Å². The normalized spacial score (nSPS) is 21.4. The van der Waals surface area contributed by atoms with E-state index in [9.17, 15) is 13.2 Å². The van der Waals surface area contributed by atoms with E-state index >= 15 is 0 Å². The van der Waals surface area contributed by atoms with Crippen molar-refractivity contribution in [1.29, 1.82) is 0 Å². The molecule has 1 rings (SSSR count). The van der Waals surface area contributed by atoms with Gasteiger partial charge in [-0.2, -0.15) is 4.31 Å². The zero-order chi connectivity index (χ0) is 12.9. The van der Waals surface area contributed by atoms with Crippen molar-refractivity contribution in [3.8, 4) is 0 Å². The molecule has 0 saturated carbocycles. The number of rotatable bonds is 6. The van der Waals surface area contributed by atoms with Crippen molar-refractivity contribution in [2.24, 2.45) is 0 Å². The zero-order valence-electron chi connectivity index (χ0n) is 10.2. The van der Waals surface area contributed by atoms with Crippen LogP contribution in [0.15, 0.2) is 12.7 Å². The van der Waals surface area contributed by atoms with Crippen LogP contribution >= 0.6 is 0 Å². The minimum Gasteiger partial charge on any atom is -0.351 e. The van der Waals surface area contributed by atoms with E-state index in [1.54, 1.807) is 6.08 Å². The molecule has 0 aromatic rings. The van der Waals surface area contributed by atoms with E-state index in [-0.39, 0.29) is 11.7 Å². The smallest absolute Gasteiger partial charge is 0.238 e. The maximum absolute atomic E-state index is 11.9. The zero-order valence-corrected chi connectivity index (χ0v) is 11.0. The standard InChI is InChI=1S/C11H20N2O3S/c1-3-7-12-11(14)10-6-5-8-13(10)17(15,16)9-4-2/h3,10H,1,4-9H2,2H3,(H,12,14). The van der Waals surface area contributed by atoms with Crippen molar-refractivity contribution < 1.29 is 13.2 Å². The Morgan fingerprint density at radius 3 is 2.88 bits per heavy atom. The Hall–Kier alpha value is -0.880. The second-order valence-electron chi connectivity index (χ2n) is 4.12. The molecule has 0 bridgehead atoms. The summed E-state index contributed by atoms with van der Waals surface area (Å²) >= 11 is 0. The number of nitrogens with zero attached hydrogens (tertiary/aromatic N) is 1. The SMILES string of the molecule is C=CCNC(=O)C1CCCN1S(=O)(=O)CCC. The quantitative estimate of drug-likeness (QED) is 0.707. The largest absolute Gasteiger partial charge is 0.351 e. The third-order valence-corrected chi connectivity index (χ3v) is 4.82. The molecule has 1 aliphatic rings. The van der Waals surface area contributed by atoms with Gasteiger partial charge in [-0.25, -0.2) is 8.42 Å². The van der Waals surface area contributed by atoms with Crippen LogP contribution in [0.25, 0.3) is 0 Å². The fraction of sp³-hybridized carbons (Fsp3) is 0.727. The molecule has 1 saturated heterocycles. The fourth-order valence-electron chi connectivity index (χ4n) is 2.00. The summed E-state index contributed by atoms with van der Waals surface area (Å²) in [6.45, 7) is 6.15. The number of hydrogen-bond acceptors (Lipinski definition) is 3. The molecule has 0 aromatic heterocycles. The highest BCUT2D eigenvalue weighted by Crippen LogP contribution is 2.21. The monoisotopic (exact) mass is 260 g/mol. The molecule has 1 amide bonds. The lowest BCUT2D eigenvalue weighted by atomic mass is 10.2. The van der Waals surface area contributed by atoms with Gasteiger partial charge in [0.05, 0.1) is 5.75 Å². The maximum atomic E-state index is 11.9. The highest BCUT2D eigenvalue weighted by atomic mass is 32.2. The molecule has 0 aliphatic carbocycles. The van der Waals surface area contributed by atoms with Crippen LogP contribution in [0.4, 0.5) is 0 Å². The third kappa shape index (κ3) is 3.54. The van der Waals surface area contributed by atoms with Gasteiger partial charge < -0.3 is 5.32 Å². The number of carbonyl (C=O) groups is 1. The Morgan fingerprint density at radius 1 is 1.59 bits per heavy atom. The number of hydrogen-bond donors (Lipinski definition) is 1. The van der Waals surface area contributed by atoms with Gasteiger partial charge in [0, 0.05) is 13.1 Å². The summed E-state index contributed by atoms with van der Waals surface area (Å²) in [5, 5.41) is 2.66. The first-order valence-electron chi connectivity index (χ1n) is 5.91. The van der Waals surface area contributed by atoms with Crippen LogP contribution < -0.4 is 5.32 Å². The third-order valence-electron chi connectivity index (χ3n) is 2.75. The average molecular weight is 260 g/mol. The van der Waals surface area contributed by atoms with Crippen LogP contribution in [0.3, 0.4) is 0 Å². The summed E-state index contributed by atoms with van der Waals surface area (Å²) in [5.74, 6) is -0.111. The molecule has 1 heterocycles. The van der Waals surface area contributed by atoms with Crippen LogP contribution in [-0.4, -0.2) is 43.5 Å². The van der Waals surface area contributed by atoms with Gasteiger partial charge in [-0.3, -0.25) is 4.79 Å². The first-order chi connectivity index (χ1) is 8.03. The molecule has 0 aromatic carbocycles. The molecule has 6 heteroatoms. The van der Waals surface area contributed by atoms with Gasteiger partial charge in [-0.15, -0.1) is 6.58 Å². The lowest BCUT2D eigenvalue weighted by molar-refractivity contribution is -0.123. The topological polar surface area (TPSA) is 66.5 Å². The first-order valence-corrected chi connectivity index (χ1v) is 7.52. The van der Waals surface area contributed by atoms with Gasteiger partial charge in [0.1, 0.15) is 6.04 Å². The van der Waals surface area contributed by atoms with Gasteiger partial charge in [0.15, 0.2) is 0 Å². The van der Waals surface area contributed by atoms with Crippen molar-refractivity contribution in [2.75, 3.05) is 18.8 Å². The number of amides is 1. The predicted octanol–water partition coefficient (Wildman–Crippen LogP) is 0.493. The lowest BCUT2D eigenvalue weighted by Gasteiger charge is -2.22. The van der Waals surface area contributed by atoms with Gasteiger partial charge in [0.25, 0.3) is 0 Å². The summed E-state index contributed by atoms with van der Waals surface area (Å²) in [6, 6.07) is -0.536. The Kier molecular flexibility index (Phi) is 5.14. The van der Waals surface area contributed by atoms with E-state index in [1.165, 1.54) is 4.31 Å². The van der Waals surface area contributed by atoms with Crippen molar-refractivity contribution in [3.63, 3.8) is 0 Å². The minimum absolute atomic E-state index is 0.109. The minimum atomic E-state index is -3.28. The van der Waals surface area contributed by atoms with E-state index in [2.05, 4.69) is 11.9 Å². The Morgan fingerprint density at radius 2 is 2.29 bits per heavy atom. The molecule has 1 unspecified atom stereocenters. The van der Waals surface area contributed by atoms with Crippen molar-refractivity contribution >= 4 is 15.9 Å². The van der Waals surface area contributed by atoms with Gasteiger partial charge in [-0.05, 0) is 19.3 Å². The Labute approximate surface area is 103 Å². The summed E-state index contributed by atoms with van der Waals surface area (Å²) in [7, 11) is -3.28. The van der Waals surface area contributed by atoms with E-state index in [0.717, 1.165) is 6.42 Å².